The van der Waals surface area contributed by atoms with Crippen LogP contribution in [0, 0.1) is 0 Å². The number of carbonyl (C=O) groups excluding carboxylic acids is 2. The molecule has 2 aromatic rings. The zero-order chi connectivity index (χ0) is 18.5. The van der Waals surface area contributed by atoms with Crippen LogP contribution >= 0.6 is 22.9 Å². The molecule has 138 valence electrons. The molecule has 1 amide bonds. The number of aryl methyl sites for hydroxylation is 1. The summed E-state index contributed by atoms with van der Waals surface area (Å²) < 4.78 is 5.27. The Hall–Kier alpha value is -1.85. The number of halogens is 1. The highest BCUT2D eigenvalue weighted by Gasteiger charge is 2.26. The third-order valence-corrected chi connectivity index (χ3v) is 6.03. The summed E-state index contributed by atoms with van der Waals surface area (Å²) in [5, 5.41) is 3.86. The average Bonchev–Trinajstić information content (AvgIpc) is 2.92. The van der Waals surface area contributed by atoms with Crippen LogP contribution in [0.2, 0.25) is 5.02 Å². The van der Waals surface area contributed by atoms with Crippen molar-refractivity contribution in [1.82, 2.24) is 0 Å². The fraction of sp³-hybridized carbons (Fsp3) is 0.400. The van der Waals surface area contributed by atoms with Crippen LogP contribution in [-0.2, 0) is 17.6 Å². The van der Waals surface area contributed by atoms with Gasteiger partial charge in [-0.05, 0) is 50.3 Å². The van der Waals surface area contributed by atoms with Crippen molar-refractivity contribution in [3.05, 3.63) is 50.9 Å². The van der Waals surface area contributed by atoms with Gasteiger partial charge in [0.25, 0.3) is 5.91 Å². The zero-order valence-electron chi connectivity index (χ0n) is 14.8. The molecule has 1 aromatic heterocycles. The number of carbonyl (C=O) groups is 2. The normalized spacial score (nSPS) is 14.1. The number of hydrogen-bond donors (Lipinski definition) is 1. The monoisotopic (exact) mass is 391 g/mol. The van der Waals surface area contributed by atoms with E-state index in [0.29, 0.717) is 27.8 Å². The fourth-order valence-corrected chi connectivity index (χ4v) is 4.74. The highest BCUT2D eigenvalue weighted by molar-refractivity contribution is 7.17. The molecule has 0 atom stereocenters. The van der Waals surface area contributed by atoms with Crippen LogP contribution in [0.1, 0.15) is 63.8 Å². The lowest BCUT2D eigenvalue weighted by Gasteiger charge is -2.11. The van der Waals surface area contributed by atoms with Crippen LogP contribution in [-0.4, -0.2) is 18.5 Å². The zero-order valence-corrected chi connectivity index (χ0v) is 16.3. The molecule has 0 saturated heterocycles. The molecular weight excluding hydrogens is 370 g/mol. The summed E-state index contributed by atoms with van der Waals surface area (Å²) in [6, 6.07) is 6.89. The number of benzene rings is 1. The fourth-order valence-electron chi connectivity index (χ4n) is 3.24. The van der Waals surface area contributed by atoms with E-state index in [-0.39, 0.29) is 11.9 Å². The molecule has 3 rings (SSSR count). The number of esters is 1. The van der Waals surface area contributed by atoms with Gasteiger partial charge in [0.15, 0.2) is 0 Å². The molecule has 1 heterocycles. The first kappa shape index (κ1) is 18.9. The van der Waals surface area contributed by atoms with Gasteiger partial charge in [-0.25, -0.2) is 4.79 Å². The van der Waals surface area contributed by atoms with Gasteiger partial charge in [0.1, 0.15) is 5.00 Å². The van der Waals surface area contributed by atoms with Gasteiger partial charge in [0.05, 0.1) is 22.8 Å². The maximum absolute atomic E-state index is 12.7. The van der Waals surface area contributed by atoms with E-state index in [1.54, 1.807) is 31.2 Å². The number of hydrogen-bond acceptors (Lipinski definition) is 4. The second-order valence-electron chi connectivity index (χ2n) is 6.28. The molecular formula is C20H22ClNO3S. The molecule has 1 aliphatic carbocycles. The van der Waals surface area contributed by atoms with E-state index in [9.17, 15) is 9.59 Å². The molecule has 0 saturated carbocycles. The number of fused-ring (bicyclic) bond motifs is 1. The Morgan fingerprint density at radius 1 is 1.15 bits per heavy atom. The molecule has 1 aromatic carbocycles. The van der Waals surface area contributed by atoms with E-state index in [1.165, 1.54) is 29.1 Å². The minimum Gasteiger partial charge on any atom is -0.462 e. The minimum absolute atomic E-state index is 0.307. The van der Waals surface area contributed by atoms with Gasteiger partial charge in [0.2, 0.25) is 0 Å². The number of amides is 1. The predicted octanol–water partition coefficient (Wildman–Crippen LogP) is 5.49. The first-order chi connectivity index (χ1) is 12.6. The highest BCUT2D eigenvalue weighted by Crippen LogP contribution is 2.38. The van der Waals surface area contributed by atoms with Crippen LogP contribution in [0.3, 0.4) is 0 Å². The summed E-state index contributed by atoms with van der Waals surface area (Å²) in [5.41, 5.74) is 1.96. The van der Waals surface area contributed by atoms with Gasteiger partial charge >= 0.3 is 5.97 Å². The van der Waals surface area contributed by atoms with E-state index in [2.05, 4.69) is 5.32 Å². The summed E-state index contributed by atoms with van der Waals surface area (Å²) in [6.07, 6.45) is 6.31. The van der Waals surface area contributed by atoms with Gasteiger partial charge in [-0.2, -0.15) is 0 Å². The smallest absolute Gasteiger partial charge is 0.341 e. The third kappa shape index (κ3) is 4.10. The Bertz CT molecular complexity index is 815. The van der Waals surface area contributed by atoms with Gasteiger partial charge in [-0.3, -0.25) is 4.79 Å². The summed E-state index contributed by atoms with van der Waals surface area (Å²) in [4.78, 5) is 26.4. The van der Waals surface area contributed by atoms with Crippen LogP contribution in [0.5, 0.6) is 0 Å². The molecule has 0 fully saturated rings. The average molecular weight is 392 g/mol. The molecule has 1 N–H and O–H groups in total. The van der Waals surface area contributed by atoms with Gasteiger partial charge in [-0.15, -0.1) is 11.3 Å². The summed E-state index contributed by atoms with van der Waals surface area (Å²) in [5.74, 6) is -0.671. The van der Waals surface area contributed by atoms with Crippen molar-refractivity contribution in [3.8, 4) is 0 Å². The number of anilines is 1. The predicted molar refractivity (Wildman–Crippen MR) is 106 cm³/mol. The standard InChI is InChI=1S/C20H22ClNO3S/c1-2-25-20(24)17-14-10-5-3-4-6-12-16(14)26-19(17)22-18(23)13-9-7-8-11-15(13)21/h7-9,11H,2-6,10,12H2,1H3,(H,22,23). The van der Waals surface area contributed by atoms with Gasteiger partial charge in [-0.1, -0.05) is 36.6 Å². The largest absolute Gasteiger partial charge is 0.462 e. The lowest BCUT2D eigenvalue weighted by atomic mass is 9.96. The number of ether oxygens (including phenoxy) is 1. The highest BCUT2D eigenvalue weighted by atomic mass is 35.5. The molecule has 26 heavy (non-hydrogen) atoms. The quantitative estimate of drug-likeness (QED) is 0.701. The topological polar surface area (TPSA) is 55.4 Å². The van der Waals surface area contributed by atoms with Crippen molar-refractivity contribution in [1.29, 1.82) is 0 Å². The SMILES string of the molecule is CCOC(=O)c1c(NC(=O)c2ccccc2Cl)sc2c1CCCCCC2. The van der Waals surface area contributed by atoms with Crippen LogP contribution in [0.25, 0.3) is 0 Å². The van der Waals surface area contributed by atoms with Crippen molar-refractivity contribution in [2.24, 2.45) is 0 Å². The third-order valence-electron chi connectivity index (χ3n) is 4.50. The lowest BCUT2D eigenvalue weighted by Crippen LogP contribution is -2.15. The molecule has 1 aliphatic rings. The van der Waals surface area contributed by atoms with Crippen molar-refractivity contribution in [3.63, 3.8) is 0 Å². The van der Waals surface area contributed by atoms with E-state index in [1.807, 2.05) is 0 Å². The second-order valence-corrected chi connectivity index (χ2v) is 7.79. The number of thiophene rings is 1. The lowest BCUT2D eigenvalue weighted by molar-refractivity contribution is 0.0526. The van der Waals surface area contributed by atoms with Crippen molar-refractivity contribution >= 4 is 39.8 Å². The van der Waals surface area contributed by atoms with Crippen molar-refractivity contribution in [2.45, 2.75) is 45.4 Å². The van der Waals surface area contributed by atoms with Gasteiger partial charge < -0.3 is 10.1 Å². The molecule has 0 unspecified atom stereocenters. The Morgan fingerprint density at radius 2 is 1.88 bits per heavy atom. The molecule has 0 bridgehead atoms. The Morgan fingerprint density at radius 3 is 2.62 bits per heavy atom. The van der Waals surface area contributed by atoms with Crippen LogP contribution in [0.15, 0.2) is 24.3 Å². The first-order valence-electron chi connectivity index (χ1n) is 8.99. The summed E-state index contributed by atoms with van der Waals surface area (Å²) in [7, 11) is 0. The molecule has 0 spiro atoms. The Kier molecular flexibility index (Phi) is 6.33. The summed E-state index contributed by atoms with van der Waals surface area (Å²) in [6.45, 7) is 2.09. The van der Waals surface area contributed by atoms with Crippen LogP contribution < -0.4 is 5.32 Å². The second kappa shape index (κ2) is 8.69. The Balaban J connectivity index is 1.97. The van der Waals surface area contributed by atoms with Crippen molar-refractivity contribution in [2.75, 3.05) is 11.9 Å². The van der Waals surface area contributed by atoms with Crippen molar-refractivity contribution < 1.29 is 14.3 Å². The molecule has 0 radical (unpaired) electrons. The molecule has 6 heteroatoms. The molecule has 4 nitrogen and oxygen atoms in total. The van der Waals surface area contributed by atoms with Crippen LogP contribution in [0.4, 0.5) is 5.00 Å². The Labute approximate surface area is 162 Å². The van der Waals surface area contributed by atoms with Gasteiger partial charge in [0, 0.05) is 4.88 Å². The number of rotatable bonds is 4. The van der Waals surface area contributed by atoms with E-state index in [4.69, 9.17) is 16.3 Å². The van der Waals surface area contributed by atoms with E-state index >= 15 is 0 Å². The van der Waals surface area contributed by atoms with E-state index in [0.717, 1.165) is 31.2 Å². The molecule has 0 aliphatic heterocycles. The van der Waals surface area contributed by atoms with E-state index < -0.39 is 0 Å². The number of nitrogens with one attached hydrogen (secondary N) is 1. The minimum atomic E-state index is -0.361. The maximum Gasteiger partial charge on any atom is 0.341 e. The first-order valence-corrected chi connectivity index (χ1v) is 10.2. The maximum atomic E-state index is 12.7. The summed E-state index contributed by atoms with van der Waals surface area (Å²) >= 11 is 7.62.